The number of aliphatic hydroxyl groups excluding tert-OH is 1. The Morgan fingerprint density at radius 3 is 3.14 bits per heavy atom. The number of pyridine rings is 1. The number of nitriles is 1. The third kappa shape index (κ3) is 3.35. The summed E-state index contributed by atoms with van der Waals surface area (Å²) in [5.74, 6) is 0. The number of hydrogen-bond acceptors (Lipinski definition) is 6. The molecule has 0 unspecified atom stereocenters. The van der Waals surface area contributed by atoms with Gasteiger partial charge in [-0.3, -0.25) is 4.90 Å². The standard InChI is InChI=1S/C14H19BrN4O2/c1-10-6-21-9-14(8-20,19(10)2)7-18-12-3-11(15)5-17-13(12)4-16/h3,5,10,18,20H,6-9H2,1-2H3/t10-,14+/m1/s1. The molecule has 2 N–H and O–H groups in total. The van der Waals surface area contributed by atoms with E-state index in [0.717, 1.165) is 4.47 Å². The van der Waals surface area contributed by atoms with Crippen molar-refractivity contribution in [2.24, 2.45) is 0 Å². The van der Waals surface area contributed by atoms with Crippen LogP contribution in [0.15, 0.2) is 16.7 Å². The van der Waals surface area contributed by atoms with Gasteiger partial charge in [0.05, 0.1) is 31.0 Å². The highest BCUT2D eigenvalue weighted by molar-refractivity contribution is 9.10. The Hall–Kier alpha value is -1.20. The van der Waals surface area contributed by atoms with Gasteiger partial charge in [-0.05, 0) is 36.0 Å². The van der Waals surface area contributed by atoms with Gasteiger partial charge in [-0.1, -0.05) is 0 Å². The molecule has 1 aliphatic rings. The number of rotatable bonds is 4. The van der Waals surface area contributed by atoms with Crippen molar-refractivity contribution >= 4 is 21.6 Å². The number of halogens is 1. The van der Waals surface area contributed by atoms with Crippen LogP contribution in [0.5, 0.6) is 0 Å². The molecule has 1 aliphatic heterocycles. The molecule has 1 aromatic rings. The normalized spacial score (nSPS) is 26.3. The van der Waals surface area contributed by atoms with E-state index in [1.165, 1.54) is 0 Å². The third-order valence-corrected chi connectivity index (χ3v) is 4.44. The Morgan fingerprint density at radius 1 is 1.71 bits per heavy atom. The van der Waals surface area contributed by atoms with Gasteiger partial charge in [0.25, 0.3) is 0 Å². The summed E-state index contributed by atoms with van der Waals surface area (Å²) < 4.78 is 6.39. The molecular weight excluding hydrogens is 336 g/mol. The highest BCUT2D eigenvalue weighted by Crippen LogP contribution is 2.24. The number of hydrogen-bond donors (Lipinski definition) is 2. The summed E-state index contributed by atoms with van der Waals surface area (Å²) >= 11 is 3.35. The number of morpholine rings is 1. The molecule has 2 rings (SSSR count). The van der Waals surface area contributed by atoms with Crippen LogP contribution in [0, 0.1) is 11.3 Å². The Kier molecular flexibility index (Phi) is 5.17. The number of aliphatic hydroxyl groups is 1. The molecule has 0 spiro atoms. The van der Waals surface area contributed by atoms with Crippen molar-refractivity contribution in [1.29, 1.82) is 5.26 Å². The Labute approximate surface area is 132 Å². The van der Waals surface area contributed by atoms with E-state index in [1.54, 1.807) is 6.20 Å². The maximum absolute atomic E-state index is 9.84. The summed E-state index contributed by atoms with van der Waals surface area (Å²) in [5.41, 5.74) is 0.470. The third-order valence-electron chi connectivity index (χ3n) is 4.00. The topological polar surface area (TPSA) is 81.4 Å². The molecule has 21 heavy (non-hydrogen) atoms. The Morgan fingerprint density at radius 2 is 2.48 bits per heavy atom. The van der Waals surface area contributed by atoms with Crippen LogP contribution in [0.4, 0.5) is 5.69 Å². The zero-order valence-corrected chi connectivity index (χ0v) is 13.7. The van der Waals surface area contributed by atoms with E-state index in [1.807, 2.05) is 13.1 Å². The number of nitrogens with zero attached hydrogens (tertiary/aromatic N) is 3. The lowest BCUT2D eigenvalue weighted by Gasteiger charge is -2.47. The van der Waals surface area contributed by atoms with E-state index >= 15 is 0 Å². The molecular formula is C14H19BrN4O2. The molecule has 2 heterocycles. The zero-order chi connectivity index (χ0) is 15.5. The molecule has 6 nitrogen and oxygen atoms in total. The average Bonchev–Trinajstić information content (AvgIpc) is 2.49. The summed E-state index contributed by atoms with van der Waals surface area (Å²) in [6, 6.07) is 4.09. The van der Waals surface area contributed by atoms with Crippen LogP contribution in [0.25, 0.3) is 0 Å². The molecule has 0 amide bonds. The van der Waals surface area contributed by atoms with Gasteiger partial charge in [-0.2, -0.15) is 5.26 Å². The predicted molar refractivity (Wildman–Crippen MR) is 83.0 cm³/mol. The van der Waals surface area contributed by atoms with E-state index in [9.17, 15) is 5.11 Å². The van der Waals surface area contributed by atoms with E-state index in [-0.39, 0.29) is 12.6 Å². The number of ether oxygens (including phenoxy) is 1. The molecule has 114 valence electrons. The largest absolute Gasteiger partial charge is 0.394 e. The van der Waals surface area contributed by atoms with Crippen LogP contribution >= 0.6 is 15.9 Å². The molecule has 0 radical (unpaired) electrons. The summed E-state index contributed by atoms with van der Waals surface area (Å²) in [5, 5.41) is 22.2. The Balaban J connectivity index is 2.17. The summed E-state index contributed by atoms with van der Waals surface area (Å²) in [4.78, 5) is 6.19. The lowest BCUT2D eigenvalue weighted by Crippen LogP contribution is -2.64. The van der Waals surface area contributed by atoms with E-state index in [0.29, 0.717) is 31.1 Å². The van der Waals surface area contributed by atoms with Crippen molar-refractivity contribution < 1.29 is 9.84 Å². The van der Waals surface area contributed by atoms with Gasteiger partial charge >= 0.3 is 0 Å². The van der Waals surface area contributed by atoms with Crippen molar-refractivity contribution in [2.75, 3.05) is 38.7 Å². The second kappa shape index (κ2) is 6.71. The van der Waals surface area contributed by atoms with E-state index in [4.69, 9.17) is 10.00 Å². The highest BCUT2D eigenvalue weighted by Gasteiger charge is 2.40. The van der Waals surface area contributed by atoms with Gasteiger partial charge in [0.1, 0.15) is 6.07 Å². The fourth-order valence-electron chi connectivity index (χ4n) is 2.41. The smallest absolute Gasteiger partial charge is 0.163 e. The predicted octanol–water partition coefficient (Wildman–Crippen LogP) is 1.21. The molecule has 0 saturated carbocycles. The van der Waals surface area contributed by atoms with Gasteiger partial charge in [0, 0.05) is 23.3 Å². The zero-order valence-electron chi connectivity index (χ0n) is 12.1. The summed E-state index contributed by atoms with van der Waals surface area (Å²) in [6.07, 6.45) is 1.59. The van der Waals surface area contributed by atoms with Gasteiger partial charge in [-0.15, -0.1) is 0 Å². The van der Waals surface area contributed by atoms with E-state index in [2.05, 4.69) is 44.1 Å². The first kappa shape index (κ1) is 16.2. The van der Waals surface area contributed by atoms with Crippen molar-refractivity contribution in [3.05, 3.63) is 22.4 Å². The molecule has 1 fully saturated rings. The minimum atomic E-state index is -0.507. The number of anilines is 1. The van der Waals surface area contributed by atoms with Crippen LogP contribution in [0.2, 0.25) is 0 Å². The minimum Gasteiger partial charge on any atom is -0.394 e. The van der Waals surface area contributed by atoms with Gasteiger partial charge < -0.3 is 15.2 Å². The van der Waals surface area contributed by atoms with Crippen LogP contribution in [-0.4, -0.2) is 60.0 Å². The fraction of sp³-hybridized carbons (Fsp3) is 0.571. The second-order valence-electron chi connectivity index (χ2n) is 5.37. The lowest BCUT2D eigenvalue weighted by atomic mass is 9.96. The van der Waals surface area contributed by atoms with E-state index < -0.39 is 5.54 Å². The molecule has 1 saturated heterocycles. The van der Waals surface area contributed by atoms with Crippen molar-refractivity contribution in [3.8, 4) is 6.07 Å². The van der Waals surface area contributed by atoms with Crippen LogP contribution in [0.3, 0.4) is 0 Å². The quantitative estimate of drug-likeness (QED) is 0.845. The molecule has 2 atom stereocenters. The number of likely N-dealkylation sites (N-methyl/N-ethyl adjacent to an activating group) is 1. The lowest BCUT2D eigenvalue weighted by molar-refractivity contribution is -0.101. The van der Waals surface area contributed by atoms with Gasteiger partial charge in [-0.25, -0.2) is 4.98 Å². The monoisotopic (exact) mass is 354 g/mol. The molecule has 1 aromatic heterocycles. The molecule has 0 aliphatic carbocycles. The SMILES string of the molecule is C[C@@H]1COC[C@@](CO)(CNc2cc(Br)cnc2C#N)N1C. The number of nitrogens with one attached hydrogen (secondary N) is 1. The van der Waals surface area contributed by atoms with Crippen molar-refractivity contribution in [2.45, 2.75) is 18.5 Å². The first-order valence-electron chi connectivity index (χ1n) is 6.73. The van der Waals surface area contributed by atoms with Gasteiger partial charge in [0.15, 0.2) is 5.69 Å². The molecule has 0 aromatic carbocycles. The fourth-order valence-corrected chi connectivity index (χ4v) is 2.74. The number of aromatic nitrogens is 1. The van der Waals surface area contributed by atoms with Gasteiger partial charge in [0.2, 0.25) is 0 Å². The van der Waals surface area contributed by atoms with Crippen molar-refractivity contribution in [3.63, 3.8) is 0 Å². The average molecular weight is 355 g/mol. The highest BCUT2D eigenvalue weighted by atomic mass is 79.9. The van der Waals surface area contributed by atoms with Crippen molar-refractivity contribution in [1.82, 2.24) is 9.88 Å². The van der Waals surface area contributed by atoms with Crippen LogP contribution in [0.1, 0.15) is 12.6 Å². The Bertz CT molecular complexity index is 548. The summed E-state index contributed by atoms with van der Waals surface area (Å²) in [6.45, 7) is 3.60. The van der Waals surface area contributed by atoms with Crippen LogP contribution < -0.4 is 5.32 Å². The molecule has 0 bridgehead atoms. The maximum atomic E-state index is 9.84. The minimum absolute atomic E-state index is 0.0237. The maximum Gasteiger partial charge on any atom is 0.163 e. The molecule has 7 heteroatoms. The first-order chi connectivity index (χ1) is 10.0. The van der Waals surface area contributed by atoms with Crippen LogP contribution in [-0.2, 0) is 4.74 Å². The summed E-state index contributed by atoms with van der Waals surface area (Å²) in [7, 11) is 1.98. The first-order valence-corrected chi connectivity index (χ1v) is 7.53. The second-order valence-corrected chi connectivity index (χ2v) is 6.29.